The van der Waals surface area contributed by atoms with Crippen molar-refractivity contribution in [3.8, 4) is 5.75 Å². The highest BCUT2D eigenvalue weighted by molar-refractivity contribution is 5.25. The number of ether oxygens (including phenoxy) is 1. The predicted octanol–water partition coefficient (Wildman–Crippen LogP) is 6.76. The number of hydrogen-bond acceptors (Lipinski definition) is 1. The molecule has 2 aliphatic rings. The van der Waals surface area contributed by atoms with E-state index in [2.05, 4.69) is 6.92 Å². The average Bonchev–Trinajstić information content (AvgIpc) is 2.64. The number of hydrogen-bond donors (Lipinski definition) is 0. The SMILES string of the molecule is CCCC1CCC(C2CCC(COc3cccc(F)c3F)CC2)CC1. The van der Waals surface area contributed by atoms with Gasteiger partial charge in [-0.15, -0.1) is 0 Å². The first-order valence-corrected chi connectivity index (χ1v) is 10.2. The molecule has 0 aromatic heterocycles. The van der Waals surface area contributed by atoms with E-state index in [4.69, 9.17) is 4.74 Å². The van der Waals surface area contributed by atoms with E-state index < -0.39 is 11.6 Å². The first kappa shape index (κ1) is 18.7. The van der Waals surface area contributed by atoms with E-state index >= 15 is 0 Å². The standard InChI is InChI=1S/C22H32F2O/c1-2-4-16-7-11-18(12-8-16)19-13-9-17(10-14-19)15-25-21-6-3-5-20(23)22(21)24/h3,5-6,16-19H,2,4,7-15H2,1H3. The zero-order chi connectivity index (χ0) is 17.6. The Kier molecular flexibility index (Phi) is 6.72. The highest BCUT2D eigenvalue weighted by Crippen LogP contribution is 2.42. The molecule has 25 heavy (non-hydrogen) atoms. The van der Waals surface area contributed by atoms with Gasteiger partial charge >= 0.3 is 0 Å². The molecule has 0 saturated heterocycles. The molecule has 3 rings (SSSR count). The van der Waals surface area contributed by atoms with Crippen molar-refractivity contribution < 1.29 is 13.5 Å². The fourth-order valence-corrected chi connectivity index (χ4v) is 4.99. The van der Waals surface area contributed by atoms with Crippen molar-refractivity contribution in [2.24, 2.45) is 23.7 Å². The van der Waals surface area contributed by atoms with Crippen LogP contribution in [0.3, 0.4) is 0 Å². The second-order valence-electron chi connectivity index (χ2n) is 8.21. The molecule has 0 heterocycles. The minimum atomic E-state index is -0.861. The van der Waals surface area contributed by atoms with Gasteiger partial charge in [0.15, 0.2) is 11.6 Å². The van der Waals surface area contributed by atoms with Crippen molar-refractivity contribution in [2.75, 3.05) is 6.61 Å². The van der Waals surface area contributed by atoms with Gasteiger partial charge in [-0.1, -0.05) is 38.7 Å². The fourth-order valence-electron chi connectivity index (χ4n) is 4.99. The Balaban J connectivity index is 1.40. The van der Waals surface area contributed by atoms with Crippen molar-refractivity contribution in [1.82, 2.24) is 0 Å². The fraction of sp³-hybridized carbons (Fsp3) is 0.727. The van der Waals surface area contributed by atoms with Crippen molar-refractivity contribution >= 4 is 0 Å². The average molecular weight is 350 g/mol. The minimum absolute atomic E-state index is 0.0522. The molecule has 0 bridgehead atoms. The zero-order valence-corrected chi connectivity index (χ0v) is 15.5. The largest absolute Gasteiger partial charge is 0.490 e. The van der Waals surface area contributed by atoms with Crippen molar-refractivity contribution in [3.05, 3.63) is 29.8 Å². The van der Waals surface area contributed by atoms with E-state index in [0.29, 0.717) is 12.5 Å². The quantitative estimate of drug-likeness (QED) is 0.551. The van der Waals surface area contributed by atoms with Crippen LogP contribution >= 0.6 is 0 Å². The molecule has 1 nitrogen and oxygen atoms in total. The Hall–Kier alpha value is -1.12. The Morgan fingerprint density at radius 3 is 2.08 bits per heavy atom. The summed E-state index contributed by atoms with van der Waals surface area (Å²) in [5.41, 5.74) is 0. The van der Waals surface area contributed by atoms with Gasteiger partial charge in [0.25, 0.3) is 0 Å². The molecule has 0 atom stereocenters. The first-order chi connectivity index (χ1) is 12.2. The van der Waals surface area contributed by atoms with E-state index in [0.717, 1.165) is 36.7 Å². The molecule has 0 N–H and O–H groups in total. The minimum Gasteiger partial charge on any atom is -0.490 e. The highest BCUT2D eigenvalue weighted by Gasteiger charge is 2.30. The molecule has 140 valence electrons. The van der Waals surface area contributed by atoms with Gasteiger partial charge in [0.2, 0.25) is 5.82 Å². The van der Waals surface area contributed by atoms with Crippen LogP contribution in [-0.2, 0) is 0 Å². The third kappa shape index (κ3) is 4.95. The Bertz CT molecular complexity index is 529. The van der Waals surface area contributed by atoms with Crippen LogP contribution in [0, 0.1) is 35.3 Å². The molecule has 0 radical (unpaired) electrons. The summed E-state index contributed by atoms with van der Waals surface area (Å²) in [6.45, 7) is 2.81. The maximum atomic E-state index is 13.6. The van der Waals surface area contributed by atoms with Gasteiger partial charge < -0.3 is 4.74 Å². The predicted molar refractivity (Wildman–Crippen MR) is 97.7 cm³/mol. The van der Waals surface area contributed by atoms with Gasteiger partial charge in [0.05, 0.1) is 6.61 Å². The molecule has 2 aliphatic carbocycles. The summed E-state index contributed by atoms with van der Waals surface area (Å²) in [7, 11) is 0. The van der Waals surface area contributed by atoms with Crippen LogP contribution in [0.4, 0.5) is 8.78 Å². The molecular formula is C22H32F2O. The lowest BCUT2D eigenvalue weighted by atomic mass is 9.69. The number of benzene rings is 1. The van der Waals surface area contributed by atoms with Crippen LogP contribution in [0.15, 0.2) is 18.2 Å². The van der Waals surface area contributed by atoms with E-state index in [1.807, 2.05) is 0 Å². The maximum absolute atomic E-state index is 13.6. The van der Waals surface area contributed by atoms with Crippen LogP contribution in [-0.4, -0.2) is 6.61 Å². The second kappa shape index (κ2) is 9.00. The van der Waals surface area contributed by atoms with Crippen molar-refractivity contribution in [2.45, 2.75) is 71.1 Å². The molecule has 1 aromatic carbocycles. The van der Waals surface area contributed by atoms with Gasteiger partial charge in [0, 0.05) is 0 Å². The Morgan fingerprint density at radius 2 is 1.48 bits per heavy atom. The van der Waals surface area contributed by atoms with E-state index in [-0.39, 0.29) is 5.75 Å². The van der Waals surface area contributed by atoms with Gasteiger partial charge in [-0.05, 0) is 74.3 Å². The van der Waals surface area contributed by atoms with Gasteiger partial charge in [-0.25, -0.2) is 4.39 Å². The van der Waals surface area contributed by atoms with Crippen LogP contribution in [0.25, 0.3) is 0 Å². The molecule has 3 heteroatoms. The van der Waals surface area contributed by atoms with Crippen LogP contribution in [0.5, 0.6) is 5.75 Å². The molecule has 0 aliphatic heterocycles. The second-order valence-corrected chi connectivity index (χ2v) is 8.21. The topological polar surface area (TPSA) is 9.23 Å². The van der Waals surface area contributed by atoms with Gasteiger partial charge in [0.1, 0.15) is 0 Å². The van der Waals surface area contributed by atoms with Crippen LogP contribution in [0.2, 0.25) is 0 Å². The summed E-state index contributed by atoms with van der Waals surface area (Å²) in [6.07, 6.45) is 13.3. The monoisotopic (exact) mass is 350 g/mol. The van der Waals surface area contributed by atoms with E-state index in [9.17, 15) is 8.78 Å². The lowest BCUT2D eigenvalue weighted by molar-refractivity contribution is 0.120. The van der Waals surface area contributed by atoms with Crippen LogP contribution < -0.4 is 4.74 Å². The summed E-state index contributed by atoms with van der Waals surface area (Å²) in [4.78, 5) is 0. The summed E-state index contributed by atoms with van der Waals surface area (Å²) >= 11 is 0. The smallest absolute Gasteiger partial charge is 0.200 e. The number of rotatable bonds is 6. The molecule has 0 spiro atoms. The van der Waals surface area contributed by atoms with Crippen LogP contribution in [0.1, 0.15) is 71.1 Å². The summed E-state index contributed by atoms with van der Waals surface area (Å²) < 4.78 is 32.4. The summed E-state index contributed by atoms with van der Waals surface area (Å²) in [6, 6.07) is 4.14. The summed E-state index contributed by atoms with van der Waals surface area (Å²) in [5.74, 6) is 1.62. The number of halogens is 2. The lowest BCUT2D eigenvalue weighted by Gasteiger charge is -2.37. The van der Waals surface area contributed by atoms with Gasteiger partial charge in [-0.2, -0.15) is 4.39 Å². The van der Waals surface area contributed by atoms with Gasteiger partial charge in [-0.3, -0.25) is 0 Å². The third-order valence-electron chi connectivity index (χ3n) is 6.54. The Labute approximate surface area is 151 Å². The molecule has 2 saturated carbocycles. The first-order valence-electron chi connectivity index (χ1n) is 10.2. The molecular weight excluding hydrogens is 318 g/mol. The van der Waals surface area contributed by atoms with E-state index in [1.165, 1.54) is 63.5 Å². The van der Waals surface area contributed by atoms with E-state index in [1.54, 1.807) is 0 Å². The summed E-state index contributed by atoms with van der Waals surface area (Å²) in [5, 5.41) is 0. The highest BCUT2D eigenvalue weighted by atomic mass is 19.2. The van der Waals surface area contributed by atoms with Crippen molar-refractivity contribution in [3.63, 3.8) is 0 Å². The Morgan fingerprint density at radius 1 is 0.880 bits per heavy atom. The van der Waals surface area contributed by atoms with Crippen molar-refractivity contribution in [1.29, 1.82) is 0 Å². The zero-order valence-electron chi connectivity index (χ0n) is 15.5. The molecule has 0 unspecified atom stereocenters. The molecule has 0 amide bonds. The maximum Gasteiger partial charge on any atom is 0.200 e. The molecule has 1 aromatic rings. The lowest BCUT2D eigenvalue weighted by Crippen LogP contribution is -2.27. The third-order valence-corrected chi connectivity index (χ3v) is 6.54. The normalized spacial score (nSPS) is 30.2. The molecule has 2 fully saturated rings.